The number of nitrogens with zero attached hydrogens (tertiary/aromatic N) is 3. The molecule has 9 nitrogen and oxygen atoms in total. The molecule has 2 saturated heterocycles. The first-order chi connectivity index (χ1) is 20.7. The maximum atomic E-state index is 15.1. The minimum atomic E-state index is -4.26. The number of alkyl halides is 3. The van der Waals surface area contributed by atoms with Crippen molar-refractivity contribution < 1.29 is 36.3 Å². The number of carbonyl (C=O) groups excluding carboxylic acids is 3. The Morgan fingerprint density at radius 3 is 2.48 bits per heavy atom. The average molecular weight is 645 g/mol. The van der Waals surface area contributed by atoms with Gasteiger partial charge in [0, 0.05) is 75.9 Å². The van der Waals surface area contributed by atoms with Crippen molar-refractivity contribution >= 4 is 40.7 Å². The highest BCUT2D eigenvalue weighted by atomic mass is 35.5. The van der Waals surface area contributed by atoms with Crippen molar-refractivity contribution in [1.82, 2.24) is 20.4 Å². The van der Waals surface area contributed by atoms with Crippen LogP contribution >= 0.6 is 11.6 Å². The van der Waals surface area contributed by atoms with Crippen LogP contribution in [0.1, 0.15) is 36.2 Å². The Morgan fingerprint density at radius 1 is 1.05 bits per heavy atom. The fourth-order valence-electron chi connectivity index (χ4n) is 5.30. The molecule has 0 unspecified atom stereocenters. The molecule has 2 aromatic carbocycles. The summed E-state index contributed by atoms with van der Waals surface area (Å²) in [6.45, 7) is 4.83. The fraction of sp³-hybridized carbons (Fsp3) is 0.483. The SMILES string of the molecule is CC(=O)N1CCN[C@H](C(=O)NCc2ccc(C(=O)Nc3ccc(Cl)cc3N3CCN(CCC(F)(F)F)[C@@H](C)C3)c(F)c2F)C1. The molecule has 15 heteroatoms. The molecule has 2 aliphatic rings. The van der Waals surface area contributed by atoms with E-state index in [4.69, 9.17) is 11.6 Å². The molecule has 3 amide bonds. The zero-order chi connectivity index (χ0) is 32.2. The van der Waals surface area contributed by atoms with Gasteiger partial charge < -0.3 is 25.8 Å². The van der Waals surface area contributed by atoms with E-state index in [9.17, 15) is 31.9 Å². The zero-order valence-corrected chi connectivity index (χ0v) is 25.0. The van der Waals surface area contributed by atoms with E-state index < -0.39 is 47.7 Å². The van der Waals surface area contributed by atoms with Gasteiger partial charge >= 0.3 is 6.18 Å². The highest BCUT2D eigenvalue weighted by Gasteiger charge is 2.32. The van der Waals surface area contributed by atoms with Crippen molar-refractivity contribution in [3.8, 4) is 0 Å². The quantitative estimate of drug-likeness (QED) is 0.379. The number of piperazine rings is 2. The lowest BCUT2D eigenvalue weighted by Crippen LogP contribution is -2.57. The average Bonchev–Trinajstić information content (AvgIpc) is 2.97. The fourth-order valence-corrected chi connectivity index (χ4v) is 5.46. The molecule has 2 fully saturated rings. The van der Waals surface area contributed by atoms with Crippen molar-refractivity contribution in [3.05, 3.63) is 58.1 Å². The molecule has 0 radical (unpaired) electrons. The minimum absolute atomic E-state index is 0.127. The maximum Gasteiger partial charge on any atom is 0.390 e. The van der Waals surface area contributed by atoms with Gasteiger partial charge in [-0.05, 0) is 31.2 Å². The predicted molar refractivity (Wildman–Crippen MR) is 156 cm³/mol. The van der Waals surface area contributed by atoms with E-state index in [0.29, 0.717) is 43.4 Å². The number of carbonyl (C=O) groups is 3. The number of anilines is 2. The molecular weight excluding hydrogens is 611 g/mol. The van der Waals surface area contributed by atoms with E-state index in [0.717, 1.165) is 6.07 Å². The van der Waals surface area contributed by atoms with E-state index >= 15 is 4.39 Å². The number of rotatable bonds is 8. The van der Waals surface area contributed by atoms with Crippen LogP contribution in [0.3, 0.4) is 0 Å². The lowest BCUT2D eigenvalue weighted by atomic mass is 10.1. The number of amides is 3. The predicted octanol–water partition coefficient (Wildman–Crippen LogP) is 3.77. The van der Waals surface area contributed by atoms with Gasteiger partial charge in [-0.2, -0.15) is 13.2 Å². The molecule has 0 aromatic heterocycles. The Hall–Kier alpha value is -3.49. The summed E-state index contributed by atoms with van der Waals surface area (Å²) in [6.07, 6.45) is -5.17. The Morgan fingerprint density at radius 2 is 1.80 bits per heavy atom. The van der Waals surface area contributed by atoms with Crippen LogP contribution in [-0.4, -0.2) is 91.6 Å². The Balaban J connectivity index is 1.41. The number of benzene rings is 2. The van der Waals surface area contributed by atoms with Gasteiger partial charge in [0.2, 0.25) is 11.8 Å². The summed E-state index contributed by atoms with van der Waals surface area (Å²) in [6, 6.07) is 6.01. The zero-order valence-electron chi connectivity index (χ0n) is 24.2. The topological polar surface area (TPSA) is 97.0 Å². The molecule has 0 bridgehead atoms. The van der Waals surface area contributed by atoms with Crippen LogP contribution in [-0.2, 0) is 16.1 Å². The van der Waals surface area contributed by atoms with E-state index in [1.807, 2.05) is 4.90 Å². The molecule has 3 N–H and O–H groups in total. The van der Waals surface area contributed by atoms with Gasteiger partial charge in [-0.25, -0.2) is 8.78 Å². The summed E-state index contributed by atoms with van der Waals surface area (Å²) in [5.74, 6) is -4.26. The lowest BCUT2D eigenvalue weighted by molar-refractivity contribution is -0.139. The lowest BCUT2D eigenvalue weighted by Gasteiger charge is -2.41. The minimum Gasteiger partial charge on any atom is -0.367 e. The molecule has 4 rings (SSSR count). The van der Waals surface area contributed by atoms with Gasteiger partial charge in [0.15, 0.2) is 11.6 Å². The monoisotopic (exact) mass is 644 g/mol. The molecular formula is C29H34ClF5N6O3. The second-order valence-electron chi connectivity index (χ2n) is 10.9. The van der Waals surface area contributed by atoms with Crippen LogP contribution in [0.4, 0.5) is 33.3 Å². The van der Waals surface area contributed by atoms with Gasteiger partial charge in [0.1, 0.15) is 6.04 Å². The first kappa shape index (κ1) is 33.4. The van der Waals surface area contributed by atoms with Gasteiger partial charge in [0.05, 0.1) is 23.4 Å². The molecule has 2 aromatic rings. The largest absolute Gasteiger partial charge is 0.390 e. The van der Waals surface area contributed by atoms with Crippen molar-refractivity contribution in [2.45, 2.75) is 45.1 Å². The van der Waals surface area contributed by atoms with Gasteiger partial charge in [-0.15, -0.1) is 0 Å². The molecule has 0 spiro atoms. The molecule has 0 saturated carbocycles. The highest BCUT2D eigenvalue weighted by molar-refractivity contribution is 6.31. The Labute approximate surface area is 256 Å². The number of hydrogen-bond donors (Lipinski definition) is 3. The second kappa shape index (κ2) is 14.1. The van der Waals surface area contributed by atoms with Gasteiger partial charge in [-0.3, -0.25) is 19.3 Å². The van der Waals surface area contributed by atoms with Crippen molar-refractivity contribution in [2.75, 3.05) is 56.0 Å². The van der Waals surface area contributed by atoms with E-state index in [-0.39, 0.29) is 42.8 Å². The third-order valence-electron chi connectivity index (χ3n) is 7.79. The summed E-state index contributed by atoms with van der Waals surface area (Å²) in [5.41, 5.74) is 0.0326. The summed E-state index contributed by atoms with van der Waals surface area (Å²) < 4.78 is 68.2. The van der Waals surface area contributed by atoms with Crippen molar-refractivity contribution in [1.29, 1.82) is 0 Å². The summed E-state index contributed by atoms with van der Waals surface area (Å²) in [7, 11) is 0. The molecule has 44 heavy (non-hydrogen) atoms. The molecule has 240 valence electrons. The van der Waals surface area contributed by atoms with E-state index in [1.165, 1.54) is 30.0 Å². The molecule has 2 aliphatic heterocycles. The van der Waals surface area contributed by atoms with Gasteiger partial charge in [-0.1, -0.05) is 17.7 Å². The summed E-state index contributed by atoms with van der Waals surface area (Å²) in [5, 5.41) is 8.46. The van der Waals surface area contributed by atoms with E-state index in [2.05, 4.69) is 16.0 Å². The van der Waals surface area contributed by atoms with E-state index in [1.54, 1.807) is 17.9 Å². The van der Waals surface area contributed by atoms with Crippen LogP contribution in [0.2, 0.25) is 5.02 Å². The third-order valence-corrected chi connectivity index (χ3v) is 8.03. The molecule has 0 aliphatic carbocycles. The highest BCUT2D eigenvalue weighted by Crippen LogP contribution is 2.32. The number of halogens is 6. The number of nitrogens with one attached hydrogen (secondary N) is 3. The van der Waals surface area contributed by atoms with Crippen LogP contribution < -0.4 is 20.9 Å². The van der Waals surface area contributed by atoms with Gasteiger partial charge in [0.25, 0.3) is 5.91 Å². The molecule has 2 atom stereocenters. The van der Waals surface area contributed by atoms with Crippen LogP contribution in [0.5, 0.6) is 0 Å². The van der Waals surface area contributed by atoms with Crippen molar-refractivity contribution in [2.24, 2.45) is 0 Å². The van der Waals surface area contributed by atoms with Crippen LogP contribution in [0.15, 0.2) is 30.3 Å². The second-order valence-corrected chi connectivity index (χ2v) is 11.3. The molecule has 2 heterocycles. The Kier molecular flexibility index (Phi) is 10.7. The first-order valence-corrected chi connectivity index (χ1v) is 14.5. The summed E-state index contributed by atoms with van der Waals surface area (Å²) in [4.78, 5) is 42.4. The maximum absolute atomic E-state index is 15.1. The standard InChI is InChI=1S/C29H34ClF5N6O3/c1-17-15-41(12-11-39(17)9-7-29(33,34)35)24-13-20(30)4-6-22(24)38-27(43)21-5-3-19(25(31)26(21)32)14-37-28(44)23-16-40(18(2)42)10-8-36-23/h3-6,13,17,23,36H,7-12,14-16H2,1-2H3,(H,37,44)(H,38,43)/t17-,23-/m0/s1. The Bertz CT molecular complexity index is 1390. The first-order valence-electron chi connectivity index (χ1n) is 14.1. The van der Waals surface area contributed by atoms with Crippen LogP contribution in [0, 0.1) is 11.6 Å². The van der Waals surface area contributed by atoms with Crippen LogP contribution in [0.25, 0.3) is 0 Å². The smallest absolute Gasteiger partial charge is 0.367 e. The normalized spacial score (nSPS) is 19.5. The summed E-state index contributed by atoms with van der Waals surface area (Å²) >= 11 is 6.20. The number of hydrogen-bond acceptors (Lipinski definition) is 6. The van der Waals surface area contributed by atoms with Crippen molar-refractivity contribution in [3.63, 3.8) is 0 Å². The third kappa shape index (κ3) is 8.36.